The minimum absolute atomic E-state index is 0.101. The van der Waals surface area contributed by atoms with Gasteiger partial charge < -0.3 is 9.80 Å². The summed E-state index contributed by atoms with van der Waals surface area (Å²) in [6.07, 6.45) is 2.57. The van der Waals surface area contributed by atoms with E-state index in [1.165, 1.54) is 0 Å². The number of nitrogens with zero attached hydrogens (tertiary/aromatic N) is 3. The van der Waals surface area contributed by atoms with Crippen LogP contribution in [0.1, 0.15) is 24.8 Å². The Morgan fingerprint density at radius 1 is 1.04 bits per heavy atom. The molecule has 8 heteroatoms. The van der Waals surface area contributed by atoms with Crippen LogP contribution in [0.5, 0.6) is 0 Å². The van der Waals surface area contributed by atoms with Gasteiger partial charge in [0.1, 0.15) is 0 Å². The summed E-state index contributed by atoms with van der Waals surface area (Å²) >= 11 is 0. The summed E-state index contributed by atoms with van der Waals surface area (Å²) in [5.41, 5.74) is 1.85. The number of piperazine rings is 1. The Morgan fingerprint density at radius 2 is 1.75 bits per heavy atom. The minimum atomic E-state index is -2.88. The molecule has 28 heavy (non-hydrogen) atoms. The van der Waals surface area contributed by atoms with Gasteiger partial charge in [-0.3, -0.25) is 14.5 Å². The molecule has 0 aliphatic carbocycles. The highest BCUT2D eigenvalue weighted by molar-refractivity contribution is 7.91. The molecule has 1 atom stereocenters. The number of sulfone groups is 1. The van der Waals surface area contributed by atoms with Gasteiger partial charge in [0.2, 0.25) is 11.8 Å². The molecule has 3 aliphatic heterocycles. The van der Waals surface area contributed by atoms with Gasteiger partial charge in [0.25, 0.3) is 0 Å². The van der Waals surface area contributed by atoms with Crippen molar-refractivity contribution >= 4 is 27.3 Å². The normalized spacial score (nSPS) is 25.4. The maximum absolute atomic E-state index is 12.6. The Labute approximate surface area is 166 Å². The van der Waals surface area contributed by atoms with Crippen LogP contribution in [0.3, 0.4) is 0 Å². The highest BCUT2D eigenvalue weighted by atomic mass is 32.2. The highest BCUT2D eigenvalue weighted by Gasteiger charge is 2.34. The van der Waals surface area contributed by atoms with E-state index in [9.17, 15) is 18.0 Å². The van der Waals surface area contributed by atoms with Gasteiger partial charge in [0.15, 0.2) is 9.84 Å². The molecule has 0 unspecified atom stereocenters. The van der Waals surface area contributed by atoms with Gasteiger partial charge in [-0.2, -0.15) is 0 Å². The maximum atomic E-state index is 12.6. The second kappa shape index (κ2) is 7.83. The van der Waals surface area contributed by atoms with Gasteiger partial charge in [-0.1, -0.05) is 12.1 Å². The molecule has 3 heterocycles. The van der Waals surface area contributed by atoms with Gasteiger partial charge in [0.05, 0.1) is 17.9 Å². The number of rotatable bonds is 4. The fraction of sp³-hybridized carbons (Fsp3) is 0.600. The van der Waals surface area contributed by atoms with E-state index in [0.29, 0.717) is 32.4 Å². The van der Waals surface area contributed by atoms with Crippen molar-refractivity contribution in [2.75, 3.05) is 49.1 Å². The number of carbonyl (C=O) groups is 2. The van der Waals surface area contributed by atoms with Gasteiger partial charge in [-0.15, -0.1) is 0 Å². The summed E-state index contributed by atoms with van der Waals surface area (Å²) in [5, 5.41) is 0. The van der Waals surface area contributed by atoms with Gasteiger partial charge in [-0.05, 0) is 30.5 Å². The fourth-order valence-corrected chi connectivity index (χ4v) is 6.16. The molecule has 0 N–H and O–H groups in total. The molecule has 0 bridgehead atoms. The van der Waals surface area contributed by atoms with Crippen LogP contribution in [0.25, 0.3) is 0 Å². The lowest BCUT2D eigenvalue weighted by Gasteiger charge is -2.37. The number of benzene rings is 1. The number of amides is 2. The Balaban J connectivity index is 1.28. The van der Waals surface area contributed by atoms with Crippen LogP contribution < -0.4 is 4.90 Å². The smallest absolute Gasteiger partial charge is 0.227 e. The predicted molar refractivity (Wildman–Crippen MR) is 107 cm³/mol. The second-order valence-corrected chi connectivity index (χ2v) is 10.2. The number of carbonyl (C=O) groups excluding carboxylic acids is 2. The lowest BCUT2D eigenvalue weighted by molar-refractivity contribution is -0.132. The first kappa shape index (κ1) is 19.4. The van der Waals surface area contributed by atoms with E-state index in [2.05, 4.69) is 4.90 Å². The SMILES string of the molecule is O=C(Cc1ccc(N2CCCC2=O)cc1)N1CCN([C@H]2CCS(=O)(=O)C2)CC1. The largest absolute Gasteiger partial charge is 0.340 e. The molecule has 1 aromatic carbocycles. The van der Waals surface area contributed by atoms with Crippen LogP contribution in [-0.2, 0) is 25.8 Å². The first-order valence-corrected chi connectivity index (χ1v) is 11.8. The summed E-state index contributed by atoms with van der Waals surface area (Å²) < 4.78 is 23.3. The summed E-state index contributed by atoms with van der Waals surface area (Å²) in [6.45, 7) is 3.54. The first-order chi connectivity index (χ1) is 13.4. The van der Waals surface area contributed by atoms with Gasteiger partial charge >= 0.3 is 0 Å². The van der Waals surface area contributed by atoms with E-state index in [1.807, 2.05) is 29.2 Å². The van der Waals surface area contributed by atoms with Crippen LogP contribution in [0.4, 0.5) is 5.69 Å². The molecule has 4 rings (SSSR count). The zero-order valence-corrected chi connectivity index (χ0v) is 16.9. The number of anilines is 1. The van der Waals surface area contributed by atoms with Crippen LogP contribution in [-0.4, -0.2) is 80.3 Å². The molecule has 1 aromatic rings. The molecule has 3 saturated heterocycles. The number of hydrogen-bond donors (Lipinski definition) is 0. The monoisotopic (exact) mass is 405 g/mol. The van der Waals surface area contributed by atoms with Crippen molar-refractivity contribution in [3.05, 3.63) is 29.8 Å². The average molecular weight is 406 g/mol. The predicted octanol–water partition coefficient (Wildman–Crippen LogP) is 0.687. The van der Waals surface area contributed by atoms with Crippen LogP contribution in [0.15, 0.2) is 24.3 Å². The Morgan fingerprint density at radius 3 is 2.32 bits per heavy atom. The van der Waals surface area contributed by atoms with Crippen LogP contribution >= 0.6 is 0 Å². The molecule has 7 nitrogen and oxygen atoms in total. The summed E-state index contributed by atoms with van der Waals surface area (Å²) in [6, 6.07) is 7.81. The molecule has 3 fully saturated rings. The third kappa shape index (κ3) is 4.22. The molecule has 0 aromatic heterocycles. The average Bonchev–Trinajstić information content (AvgIpc) is 3.27. The topological polar surface area (TPSA) is 78.0 Å². The lowest BCUT2D eigenvalue weighted by atomic mass is 10.1. The molecule has 0 radical (unpaired) electrons. The molecular formula is C20H27N3O4S. The fourth-order valence-electron chi connectivity index (χ4n) is 4.40. The van der Waals surface area contributed by atoms with E-state index in [1.54, 1.807) is 4.90 Å². The summed E-state index contributed by atoms with van der Waals surface area (Å²) in [5.74, 6) is 0.809. The van der Waals surface area contributed by atoms with E-state index in [4.69, 9.17) is 0 Å². The third-order valence-corrected chi connectivity index (χ3v) is 7.82. The Kier molecular flexibility index (Phi) is 5.42. The van der Waals surface area contributed by atoms with Crippen molar-refractivity contribution < 1.29 is 18.0 Å². The quantitative estimate of drug-likeness (QED) is 0.737. The standard InChI is InChI=1S/C20H27N3O4S/c24-19-2-1-8-23(19)17-5-3-16(4-6-17)14-20(25)22-11-9-21(10-12-22)18-7-13-28(26,27)15-18/h3-6,18H,1-2,7-15H2/t18-/m0/s1. The molecule has 0 spiro atoms. The van der Waals surface area contributed by atoms with Crippen molar-refractivity contribution in [3.8, 4) is 0 Å². The Hall–Kier alpha value is -1.93. The van der Waals surface area contributed by atoms with Crippen molar-refractivity contribution in [2.24, 2.45) is 0 Å². The van der Waals surface area contributed by atoms with Crippen molar-refractivity contribution in [1.29, 1.82) is 0 Å². The van der Waals surface area contributed by atoms with E-state index in [-0.39, 0.29) is 29.4 Å². The van der Waals surface area contributed by atoms with Crippen molar-refractivity contribution in [2.45, 2.75) is 31.7 Å². The van der Waals surface area contributed by atoms with E-state index < -0.39 is 9.84 Å². The molecule has 3 aliphatic rings. The van der Waals surface area contributed by atoms with Crippen molar-refractivity contribution in [1.82, 2.24) is 9.80 Å². The molecule has 2 amide bonds. The molecule has 152 valence electrons. The highest BCUT2D eigenvalue weighted by Crippen LogP contribution is 2.22. The third-order valence-electron chi connectivity index (χ3n) is 6.07. The van der Waals surface area contributed by atoms with Gasteiger partial charge in [0, 0.05) is 50.9 Å². The second-order valence-electron chi connectivity index (χ2n) is 7.97. The zero-order valence-electron chi connectivity index (χ0n) is 16.0. The molecule has 0 saturated carbocycles. The molecular weight excluding hydrogens is 378 g/mol. The van der Waals surface area contributed by atoms with Crippen LogP contribution in [0.2, 0.25) is 0 Å². The van der Waals surface area contributed by atoms with Gasteiger partial charge in [-0.25, -0.2) is 8.42 Å². The first-order valence-electron chi connectivity index (χ1n) is 10.0. The van der Waals surface area contributed by atoms with E-state index >= 15 is 0 Å². The summed E-state index contributed by atoms with van der Waals surface area (Å²) in [7, 11) is -2.88. The number of hydrogen-bond acceptors (Lipinski definition) is 5. The van der Waals surface area contributed by atoms with Crippen LogP contribution in [0, 0.1) is 0 Å². The lowest BCUT2D eigenvalue weighted by Crippen LogP contribution is -2.52. The summed E-state index contributed by atoms with van der Waals surface area (Å²) in [4.78, 5) is 30.4. The minimum Gasteiger partial charge on any atom is -0.340 e. The zero-order chi connectivity index (χ0) is 19.7. The maximum Gasteiger partial charge on any atom is 0.227 e. The van der Waals surface area contributed by atoms with E-state index in [0.717, 1.165) is 37.3 Å². The van der Waals surface area contributed by atoms with Crippen molar-refractivity contribution in [3.63, 3.8) is 0 Å². The Bertz CT molecular complexity index is 845.